The van der Waals surface area contributed by atoms with Crippen LogP contribution in [-0.4, -0.2) is 26.2 Å². The van der Waals surface area contributed by atoms with E-state index in [9.17, 15) is 18.5 Å². The van der Waals surface area contributed by atoms with Crippen molar-refractivity contribution < 1.29 is 18.1 Å². The topological polar surface area (TPSA) is 98.5 Å². The SMILES string of the molecule is CC(C)COc1cccc(Nc2cccc(S(C)(=O)=O)c2[N+](=O)[O-])c1. The van der Waals surface area contributed by atoms with Gasteiger partial charge in [-0.15, -0.1) is 0 Å². The van der Waals surface area contributed by atoms with Crippen LogP contribution in [0.1, 0.15) is 13.8 Å². The molecule has 0 aliphatic rings. The molecule has 134 valence electrons. The highest BCUT2D eigenvalue weighted by Crippen LogP contribution is 2.34. The second kappa shape index (κ2) is 7.52. The van der Waals surface area contributed by atoms with Crippen molar-refractivity contribution in [3.8, 4) is 5.75 Å². The summed E-state index contributed by atoms with van der Waals surface area (Å²) in [5.41, 5.74) is 0.197. The average molecular weight is 364 g/mol. The molecule has 0 heterocycles. The van der Waals surface area contributed by atoms with Gasteiger partial charge in [0.25, 0.3) is 0 Å². The van der Waals surface area contributed by atoms with Gasteiger partial charge in [0, 0.05) is 18.0 Å². The molecule has 0 aromatic heterocycles. The van der Waals surface area contributed by atoms with Gasteiger partial charge in [-0.05, 0) is 30.2 Å². The lowest BCUT2D eigenvalue weighted by molar-refractivity contribution is -0.386. The maximum atomic E-state index is 11.8. The minimum Gasteiger partial charge on any atom is -0.493 e. The number of nitro groups is 1. The van der Waals surface area contributed by atoms with Crippen molar-refractivity contribution in [2.45, 2.75) is 18.7 Å². The van der Waals surface area contributed by atoms with Crippen LogP contribution in [0.15, 0.2) is 47.4 Å². The highest BCUT2D eigenvalue weighted by Gasteiger charge is 2.26. The van der Waals surface area contributed by atoms with E-state index in [1.54, 1.807) is 24.3 Å². The van der Waals surface area contributed by atoms with E-state index in [0.29, 0.717) is 24.0 Å². The number of ether oxygens (including phenoxy) is 1. The Bertz CT molecular complexity index is 878. The molecule has 0 bridgehead atoms. The molecular weight excluding hydrogens is 344 g/mol. The van der Waals surface area contributed by atoms with Crippen molar-refractivity contribution in [1.82, 2.24) is 0 Å². The lowest BCUT2D eigenvalue weighted by atomic mass is 10.2. The third-order valence-corrected chi connectivity index (χ3v) is 4.41. The summed E-state index contributed by atoms with van der Waals surface area (Å²) >= 11 is 0. The van der Waals surface area contributed by atoms with Crippen LogP contribution >= 0.6 is 0 Å². The lowest BCUT2D eigenvalue weighted by Gasteiger charge is -2.12. The second-order valence-corrected chi connectivity index (χ2v) is 8.02. The number of anilines is 2. The minimum absolute atomic E-state index is 0.105. The summed E-state index contributed by atoms with van der Waals surface area (Å²) in [6.07, 6.45) is 0.944. The number of rotatable bonds is 7. The number of hydrogen-bond acceptors (Lipinski definition) is 6. The predicted octanol–water partition coefficient (Wildman–Crippen LogP) is 3.78. The molecule has 0 fully saturated rings. The Balaban J connectivity index is 2.38. The normalized spacial score (nSPS) is 11.4. The molecule has 0 unspecified atom stereocenters. The molecule has 8 heteroatoms. The third-order valence-electron chi connectivity index (χ3n) is 3.28. The molecule has 0 saturated heterocycles. The predicted molar refractivity (Wildman–Crippen MR) is 96.3 cm³/mol. The van der Waals surface area contributed by atoms with Crippen molar-refractivity contribution >= 4 is 26.9 Å². The van der Waals surface area contributed by atoms with Crippen LogP contribution in [0.4, 0.5) is 17.1 Å². The second-order valence-electron chi connectivity index (χ2n) is 6.04. The Morgan fingerprint density at radius 3 is 2.48 bits per heavy atom. The van der Waals surface area contributed by atoms with E-state index >= 15 is 0 Å². The maximum Gasteiger partial charge on any atom is 0.311 e. The lowest BCUT2D eigenvalue weighted by Crippen LogP contribution is -2.06. The molecule has 0 spiro atoms. The molecule has 0 aliphatic carbocycles. The van der Waals surface area contributed by atoms with Gasteiger partial charge in [0.2, 0.25) is 0 Å². The molecular formula is C17H20N2O5S. The van der Waals surface area contributed by atoms with Gasteiger partial charge in [-0.2, -0.15) is 0 Å². The monoisotopic (exact) mass is 364 g/mol. The first kappa shape index (κ1) is 18.7. The standard InChI is InChI=1S/C17H20N2O5S/c1-12(2)11-24-14-7-4-6-13(10-14)18-15-8-5-9-16(25(3,22)23)17(15)19(20)21/h4-10,12,18H,11H2,1-3H3. The van der Waals surface area contributed by atoms with E-state index in [1.165, 1.54) is 18.2 Å². The zero-order valence-corrected chi connectivity index (χ0v) is 15.0. The Labute approximate surface area is 146 Å². The van der Waals surface area contributed by atoms with Gasteiger partial charge in [0.1, 0.15) is 16.3 Å². The smallest absolute Gasteiger partial charge is 0.311 e. The fraction of sp³-hybridized carbons (Fsp3) is 0.294. The summed E-state index contributed by atoms with van der Waals surface area (Å²) in [5, 5.41) is 14.3. The van der Waals surface area contributed by atoms with Crippen LogP contribution in [0, 0.1) is 16.0 Å². The number of nitro benzene ring substituents is 1. The van der Waals surface area contributed by atoms with Crippen LogP contribution in [0.3, 0.4) is 0 Å². The molecule has 0 amide bonds. The molecule has 1 N–H and O–H groups in total. The highest BCUT2D eigenvalue weighted by molar-refractivity contribution is 7.90. The molecule has 0 radical (unpaired) electrons. The number of hydrogen-bond donors (Lipinski definition) is 1. The Kier molecular flexibility index (Phi) is 5.63. The van der Waals surface area contributed by atoms with Gasteiger partial charge in [-0.25, -0.2) is 8.42 Å². The highest BCUT2D eigenvalue weighted by atomic mass is 32.2. The molecule has 7 nitrogen and oxygen atoms in total. The van der Waals surface area contributed by atoms with Gasteiger partial charge in [0.05, 0.1) is 11.5 Å². The molecule has 0 atom stereocenters. The third kappa shape index (κ3) is 4.93. The van der Waals surface area contributed by atoms with Crippen LogP contribution in [0.25, 0.3) is 0 Å². The molecule has 25 heavy (non-hydrogen) atoms. The van der Waals surface area contributed by atoms with Crippen molar-refractivity contribution in [2.75, 3.05) is 18.2 Å². The van der Waals surface area contributed by atoms with Gasteiger partial charge < -0.3 is 10.1 Å². The number of benzene rings is 2. The van der Waals surface area contributed by atoms with E-state index in [4.69, 9.17) is 4.74 Å². The molecule has 0 aliphatic heterocycles. The number of sulfone groups is 1. The molecule has 2 aromatic rings. The Morgan fingerprint density at radius 1 is 1.20 bits per heavy atom. The van der Waals surface area contributed by atoms with E-state index in [-0.39, 0.29) is 10.6 Å². The summed E-state index contributed by atoms with van der Waals surface area (Å²) in [6.45, 7) is 4.61. The van der Waals surface area contributed by atoms with Crippen molar-refractivity contribution in [3.63, 3.8) is 0 Å². The van der Waals surface area contributed by atoms with Crippen molar-refractivity contribution in [1.29, 1.82) is 0 Å². The number of nitrogens with zero attached hydrogens (tertiary/aromatic N) is 1. The van der Waals surface area contributed by atoms with E-state index in [2.05, 4.69) is 5.32 Å². The summed E-state index contributed by atoms with van der Waals surface area (Å²) in [4.78, 5) is 10.4. The first-order chi connectivity index (χ1) is 11.7. The van der Waals surface area contributed by atoms with Gasteiger partial charge in [0.15, 0.2) is 9.84 Å². The fourth-order valence-corrected chi connectivity index (χ4v) is 3.05. The quantitative estimate of drug-likeness (QED) is 0.593. The van der Waals surface area contributed by atoms with Crippen molar-refractivity contribution in [2.24, 2.45) is 5.92 Å². The summed E-state index contributed by atoms with van der Waals surface area (Å²) in [5.74, 6) is 0.991. The molecule has 0 saturated carbocycles. The van der Waals surface area contributed by atoms with E-state index < -0.39 is 20.4 Å². The summed E-state index contributed by atoms with van der Waals surface area (Å²) in [7, 11) is -3.73. The fourth-order valence-electron chi connectivity index (χ4n) is 2.19. The van der Waals surface area contributed by atoms with Gasteiger partial charge in [-0.3, -0.25) is 10.1 Å². The Morgan fingerprint density at radius 2 is 1.88 bits per heavy atom. The van der Waals surface area contributed by atoms with Crippen LogP contribution < -0.4 is 10.1 Å². The van der Waals surface area contributed by atoms with Crippen molar-refractivity contribution in [3.05, 3.63) is 52.6 Å². The van der Waals surface area contributed by atoms with E-state index in [1.807, 2.05) is 13.8 Å². The number of para-hydroxylation sites is 1. The zero-order chi connectivity index (χ0) is 18.6. The largest absolute Gasteiger partial charge is 0.493 e. The maximum absolute atomic E-state index is 11.8. The number of nitrogens with one attached hydrogen (secondary N) is 1. The first-order valence-corrected chi connectivity index (χ1v) is 9.55. The molecule has 2 aromatic carbocycles. The first-order valence-electron chi connectivity index (χ1n) is 7.66. The van der Waals surface area contributed by atoms with Gasteiger partial charge >= 0.3 is 5.69 Å². The summed E-state index contributed by atoms with van der Waals surface area (Å²) in [6, 6.07) is 11.1. The minimum atomic E-state index is -3.73. The van der Waals surface area contributed by atoms with Gasteiger partial charge in [-0.1, -0.05) is 26.0 Å². The van der Waals surface area contributed by atoms with E-state index in [0.717, 1.165) is 6.26 Å². The zero-order valence-electron chi connectivity index (χ0n) is 14.2. The molecule has 2 rings (SSSR count). The average Bonchev–Trinajstić information content (AvgIpc) is 2.52. The van der Waals surface area contributed by atoms with Crippen LogP contribution in [0.2, 0.25) is 0 Å². The Hall–Kier alpha value is -2.61. The summed E-state index contributed by atoms with van der Waals surface area (Å²) < 4.78 is 29.3. The van der Waals surface area contributed by atoms with Crippen LogP contribution in [-0.2, 0) is 9.84 Å². The van der Waals surface area contributed by atoms with Crippen LogP contribution in [0.5, 0.6) is 5.75 Å².